The first-order valence-corrected chi connectivity index (χ1v) is 26.1. The molecule has 1 fully saturated rings. The molecule has 0 saturated carbocycles. The Morgan fingerprint density at radius 3 is 1.73 bits per heavy atom. The number of rotatable bonds is 6. The number of hydrogen-bond donors (Lipinski definition) is 0. The van der Waals surface area contributed by atoms with Crippen LogP contribution >= 0.6 is 0 Å². The number of carbonyl (C=O) groups is 1. The first kappa shape index (κ1) is 24.1. The van der Waals surface area contributed by atoms with E-state index in [-0.39, 0.29) is 0 Å². The van der Waals surface area contributed by atoms with Crippen LogP contribution < -0.4 is 0 Å². The molecule has 0 radical (unpaired) electrons. The van der Waals surface area contributed by atoms with Crippen molar-refractivity contribution in [2.45, 2.75) is 92.0 Å². The summed E-state index contributed by atoms with van der Waals surface area (Å²) in [5, 5.41) is 0. The monoisotopic (exact) mass is 427 g/mol. The Bertz CT molecular complexity index is 499. The fourth-order valence-corrected chi connectivity index (χ4v) is 101. The molecule has 1 aliphatic rings. The molecule has 1 rings (SSSR count). The SMILES string of the molecule is CC(C)CN1CCCC/C(=C\[Si]([Si](C)(C)C)([Si](C)(C)C)[Si](C)(C)C)C1=O. The van der Waals surface area contributed by atoms with Gasteiger partial charge in [-0.1, -0.05) is 78.5 Å². The van der Waals surface area contributed by atoms with Crippen molar-refractivity contribution in [1.29, 1.82) is 0 Å². The van der Waals surface area contributed by atoms with Crippen LogP contribution in [-0.4, -0.2) is 53.3 Å². The van der Waals surface area contributed by atoms with Gasteiger partial charge in [0.25, 0.3) is 0 Å². The summed E-state index contributed by atoms with van der Waals surface area (Å²) in [6.07, 6.45) is 3.36. The van der Waals surface area contributed by atoms with Gasteiger partial charge in [0.2, 0.25) is 5.91 Å². The Labute approximate surface area is 167 Å². The number of hydrogen-bond acceptors (Lipinski definition) is 1. The number of likely N-dealkylation sites (tertiary alicyclic amines) is 1. The van der Waals surface area contributed by atoms with Crippen LogP contribution in [0, 0.1) is 5.92 Å². The molecule has 0 spiro atoms. The molecule has 0 N–H and O–H groups in total. The number of carbonyl (C=O) groups excluding carboxylic acids is 1. The molecule has 0 atom stereocenters. The molecule has 0 aromatic heterocycles. The highest BCUT2D eigenvalue weighted by Gasteiger charge is 2.60. The lowest BCUT2D eigenvalue weighted by Crippen LogP contribution is -2.82. The molecule has 26 heavy (non-hydrogen) atoms. The second-order valence-electron chi connectivity index (χ2n) is 11.8. The van der Waals surface area contributed by atoms with E-state index in [4.69, 9.17) is 0 Å². The Balaban J connectivity index is 3.59. The molecule has 1 heterocycles. The highest BCUT2D eigenvalue weighted by molar-refractivity contribution is 7.90. The van der Waals surface area contributed by atoms with Gasteiger partial charge in [-0.25, -0.2) is 0 Å². The maximum atomic E-state index is 13.5. The van der Waals surface area contributed by atoms with Gasteiger partial charge in [-0.15, -0.1) is 0 Å². The van der Waals surface area contributed by atoms with Gasteiger partial charge in [0, 0.05) is 41.4 Å². The second kappa shape index (κ2) is 8.21. The van der Waals surface area contributed by atoms with Crippen molar-refractivity contribution < 1.29 is 4.79 Å². The lowest BCUT2D eigenvalue weighted by molar-refractivity contribution is -0.127. The summed E-state index contributed by atoms with van der Waals surface area (Å²) in [5.74, 6) is 0.925. The average molecular weight is 428 g/mol. The highest BCUT2D eigenvalue weighted by atomic mass is 29.9. The van der Waals surface area contributed by atoms with E-state index in [0.29, 0.717) is 11.8 Å². The highest BCUT2D eigenvalue weighted by Crippen LogP contribution is 2.39. The lowest BCUT2D eigenvalue weighted by atomic mass is 10.1. The van der Waals surface area contributed by atoms with Crippen molar-refractivity contribution in [3.05, 3.63) is 11.3 Å². The molecule has 0 aliphatic carbocycles. The van der Waals surface area contributed by atoms with Gasteiger partial charge in [-0.05, 0) is 25.2 Å². The van der Waals surface area contributed by atoms with Crippen LogP contribution in [0.3, 0.4) is 0 Å². The molecule has 1 aliphatic heterocycles. The Morgan fingerprint density at radius 2 is 1.35 bits per heavy atom. The van der Waals surface area contributed by atoms with E-state index in [0.717, 1.165) is 25.9 Å². The van der Waals surface area contributed by atoms with Crippen LogP contribution in [0.1, 0.15) is 33.1 Å². The van der Waals surface area contributed by atoms with E-state index >= 15 is 0 Å². The molecule has 0 aromatic rings. The molecular formula is C20H45NOSi4. The van der Waals surface area contributed by atoms with Gasteiger partial charge >= 0.3 is 0 Å². The topological polar surface area (TPSA) is 20.3 Å². The van der Waals surface area contributed by atoms with Crippen molar-refractivity contribution in [1.82, 2.24) is 4.90 Å². The van der Waals surface area contributed by atoms with E-state index in [9.17, 15) is 4.79 Å². The lowest BCUT2D eigenvalue weighted by Gasteiger charge is -2.56. The van der Waals surface area contributed by atoms with E-state index in [1.54, 1.807) is 0 Å². The van der Waals surface area contributed by atoms with E-state index < -0.39 is 29.4 Å². The summed E-state index contributed by atoms with van der Waals surface area (Å²) in [5.41, 5.74) is 3.95. The van der Waals surface area contributed by atoms with Gasteiger partial charge in [0.15, 0.2) is 0 Å². The Hall–Kier alpha value is 0.0775. The first-order chi connectivity index (χ1) is 11.5. The summed E-state index contributed by atoms with van der Waals surface area (Å²) in [6, 6.07) is 0. The van der Waals surface area contributed by atoms with Crippen LogP contribution in [0.4, 0.5) is 0 Å². The maximum Gasteiger partial charge on any atom is 0.249 e. The fourth-order valence-electron chi connectivity index (χ4n) is 6.06. The molecule has 0 aromatic carbocycles. The van der Waals surface area contributed by atoms with E-state index in [2.05, 4.69) is 83.4 Å². The largest absolute Gasteiger partial charge is 0.339 e. The van der Waals surface area contributed by atoms with Crippen molar-refractivity contribution in [2.75, 3.05) is 13.1 Å². The maximum absolute atomic E-state index is 13.5. The van der Waals surface area contributed by atoms with E-state index in [1.165, 1.54) is 12.0 Å². The quantitative estimate of drug-likeness (QED) is 0.386. The fraction of sp³-hybridized carbons (Fsp3) is 0.850. The van der Waals surface area contributed by atoms with Crippen LogP contribution in [0.2, 0.25) is 58.9 Å². The van der Waals surface area contributed by atoms with Crippen LogP contribution in [-0.2, 0) is 4.79 Å². The Kier molecular flexibility index (Phi) is 7.62. The molecular weight excluding hydrogens is 383 g/mol. The third-order valence-electron chi connectivity index (χ3n) is 6.21. The zero-order valence-corrected chi connectivity index (χ0v) is 23.5. The predicted octanol–water partition coefficient (Wildman–Crippen LogP) is 5.82. The normalized spacial score (nSPS) is 20.1. The Morgan fingerprint density at radius 1 is 0.885 bits per heavy atom. The van der Waals surface area contributed by atoms with Gasteiger partial charge in [0.1, 0.15) is 0 Å². The molecule has 6 heteroatoms. The minimum absolute atomic E-state index is 0.378. The number of amides is 1. The van der Waals surface area contributed by atoms with Crippen molar-refractivity contribution in [3.63, 3.8) is 0 Å². The van der Waals surface area contributed by atoms with E-state index in [1.807, 2.05) is 0 Å². The van der Waals surface area contributed by atoms with Crippen LogP contribution in [0.5, 0.6) is 0 Å². The second-order valence-corrected chi connectivity index (χ2v) is 52.3. The van der Waals surface area contributed by atoms with Crippen molar-refractivity contribution >= 4 is 35.3 Å². The molecule has 1 saturated heterocycles. The van der Waals surface area contributed by atoms with Crippen molar-refractivity contribution in [2.24, 2.45) is 5.92 Å². The average Bonchev–Trinajstić information content (AvgIpc) is 2.54. The summed E-state index contributed by atoms with van der Waals surface area (Å²) in [4.78, 5) is 15.6. The molecule has 1 amide bonds. The smallest absolute Gasteiger partial charge is 0.249 e. The standard InChI is InChI=1S/C20H45NOSi4/c1-18(2)16-21-15-13-12-14-19(20(21)22)17-26(23(3,4)5,24(6,7)8)25(9,10)11/h17-18H,12-16H2,1-11H3/b19-17+. The van der Waals surface area contributed by atoms with Gasteiger partial charge in [0.05, 0.1) is 6.63 Å². The van der Waals surface area contributed by atoms with Crippen LogP contribution in [0.15, 0.2) is 11.3 Å². The first-order valence-electron chi connectivity index (χ1n) is 10.6. The van der Waals surface area contributed by atoms with Gasteiger partial charge in [-0.2, -0.15) is 0 Å². The summed E-state index contributed by atoms with van der Waals surface area (Å²) in [7, 11) is -4.13. The number of nitrogens with zero attached hydrogens (tertiary/aromatic N) is 1. The minimum Gasteiger partial charge on any atom is -0.339 e. The van der Waals surface area contributed by atoms with Gasteiger partial charge in [-0.3, -0.25) is 4.79 Å². The molecule has 2 nitrogen and oxygen atoms in total. The summed E-state index contributed by atoms with van der Waals surface area (Å²) >= 11 is 0. The third kappa shape index (κ3) is 4.92. The summed E-state index contributed by atoms with van der Waals surface area (Å²) in [6.45, 7) is 28.2. The third-order valence-corrected chi connectivity index (χ3v) is 77.2. The predicted molar refractivity (Wildman–Crippen MR) is 129 cm³/mol. The zero-order valence-electron chi connectivity index (χ0n) is 19.5. The minimum atomic E-state index is -1.61. The molecule has 0 unspecified atom stereocenters. The van der Waals surface area contributed by atoms with Crippen LogP contribution in [0.25, 0.3) is 0 Å². The van der Waals surface area contributed by atoms with Crippen molar-refractivity contribution in [3.8, 4) is 0 Å². The molecule has 152 valence electrons. The molecule has 0 bridgehead atoms. The summed E-state index contributed by atoms with van der Waals surface area (Å²) < 4.78 is 0. The zero-order chi connectivity index (χ0) is 20.6. The van der Waals surface area contributed by atoms with Gasteiger partial charge < -0.3 is 4.90 Å².